The van der Waals surface area contributed by atoms with E-state index in [0.29, 0.717) is 19.4 Å². The van der Waals surface area contributed by atoms with E-state index in [1.807, 2.05) is 0 Å². The summed E-state index contributed by atoms with van der Waals surface area (Å²) in [5.41, 5.74) is 4.93. The molecule has 0 unspecified atom stereocenters. The third-order valence-corrected chi connectivity index (χ3v) is 2.80. The Morgan fingerprint density at radius 1 is 1.21 bits per heavy atom. The minimum Gasteiger partial charge on any atom is -0.368 e. The number of nitrogens with zero attached hydrogens (tertiary/aromatic N) is 1. The van der Waals surface area contributed by atoms with Crippen molar-refractivity contribution >= 4 is 23.6 Å². The van der Waals surface area contributed by atoms with Crippen LogP contribution < -0.4 is 16.4 Å². The first-order chi connectivity index (χ1) is 8.91. The van der Waals surface area contributed by atoms with E-state index in [2.05, 4.69) is 10.6 Å². The molecule has 1 fully saturated rings. The van der Waals surface area contributed by atoms with Gasteiger partial charge in [-0.05, 0) is 12.8 Å². The first-order valence-corrected chi connectivity index (χ1v) is 6.01. The second-order valence-corrected chi connectivity index (χ2v) is 4.34. The molecule has 1 atom stereocenters. The van der Waals surface area contributed by atoms with Gasteiger partial charge in [-0.25, -0.2) is 0 Å². The van der Waals surface area contributed by atoms with E-state index in [0.717, 1.165) is 0 Å². The van der Waals surface area contributed by atoms with E-state index in [-0.39, 0.29) is 24.9 Å². The number of primary amides is 1. The number of hydrogen-bond acceptors (Lipinski definition) is 4. The van der Waals surface area contributed by atoms with Crippen molar-refractivity contribution in [2.45, 2.75) is 25.8 Å². The minimum atomic E-state index is -0.637. The SMILES string of the molecule is CC(=O)NCC(=O)N1CCC[C@@H]1C(=O)NCC(N)=O. The largest absolute Gasteiger partial charge is 0.368 e. The van der Waals surface area contributed by atoms with Gasteiger partial charge in [0.05, 0.1) is 13.1 Å². The Kier molecular flexibility index (Phi) is 5.28. The third kappa shape index (κ3) is 4.57. The minimum absolute atomic E-state index is 0.130. The molecule has 1 heterocycles. The first kappa shape index (κ1) is 14.9. The van der Waals surface area contributed by atoms with Crippen LogP contribution in [0.15, 0.2) is 0 Å². The normalized spacial score (nSPS) is 17.9. The number of nitrogens with one attached hydrogen (secondary N) is 2. The Balaban J connectivity index is 2.53. The maximum Gasteiger partial charge on any atom is 0.243 e. The molecule has 0 aromatic heterocycles. The molecule has 0 bridgehead atoms. The molecule has 19 heavy (non-hydrogen) atoms. The van der Waals surface area contributed by atoms with Gasteiger partial charge < -0.3 is 21.3 Å². The van der Waals surface area contributed by atoms with Crippen LogP contribution in [0, 0.1) is 0 Å². The van der Waals surface area contributed by atoms with Crippen molar-refractivity contribution in [2.24, 2.45) is 5.73 Å². The summed E-state index contributed by atoms with van der Waals surface area (Å²) in [6, 6.07) is -0.597. The number of carbonyl (C=O) groups excluding carboxylic acids is 4. The number of likely N-dealkylation sites (tertiary alicyclic amines) is 1. The Labute approximate surface area is 110 Å². The average molecular weight is 270 g/mol. The van der Waals surface area contributed by atoms with Crippen LogP contribution in [0.4, 0.5) is 0 Å². The molecule has 4 amide bonds. The highest BCUT2D eigenvalue weighted by Gasteiger charge is 2.33. The summed E-state index contributed by atoms with van der Waals surface area (Å²) in [6.45, 7) is 1.40. The monoisotopic (exact) mass is 270 g/mol. The van der Waals surface area contributed by atoms with Gasteiger partial charge in [0.15, 0.2) is 0 Å². The van der Waals surface area contributed by atoms with Crippen molar-refractivity contribution in [3.8, 4) is 0 Å². The van der Waals surface area contributed by atoms with E-state index in [9.17, 15) is 19.2 Å². The Bertz CT molecular complexity index is 360. The van der Waals surface area contributed by atoms with E-state index in [4.69, 9.17) is 5.73 Å². The van der Waals surface area contributed by atoms with Crippen LogP contribution in [0.5, 0.6) is 0 Å². The molecule has 0 aliphatic carbocycles. The van der Waals surface area contributed by atoms with Crippen LogP contribution in [-0.4, -0.2) is 54.2 Å². The standard InChI is InChI=1S/C11H18N4O4/c1-7(16)13-6-10(18)15-4-2-3-8(15)11(19)14-5-9(12)17/h8H,2-6H2,1H3,(H2,12,17)(H,13,16)(H,14,19)/t8-/m1/s1. The Hall–Kier alpha value is -2.12. The predicted molar refractivity (Wildman–Crippen MR) is 65.6 cm³/mol. The summed E-state index contributed by atoms with van der Waals surface area (Å²) in [4.78, 5) is 46.4. The van der Waals surface area contributed by atoms with Crippen LogP contribution >= 0.6 is 0 Å². The van der Waals surface area contributed by atoms with Crippen molar-refractivity contribution in [3.63, 3.8) is 0 Å². The maximum atomic E-state index is 11.8. The van der Waals surface area contributed by atoms with Crippen molar-refractivity contribution in [3.05, 3.63) is 0 Å². The Morgan fingerprint density at radius 3 is 2.47 bits per heavy atom. The fourth-order valence-electron chi connectivity index (χ4n) is 1.93. The third-order valence-electron chi connectivity index (χ3n) is 2.80. The zero-order valence-electron chi connectivity index (χ0n) is 10.8. The van der Waals surface area contributed by atoms with Gasteiger partial charge in [0.1, 0.15) is 6.04 Å². The van der Waals surface area contributed by atoms with Crippen molar-refractivity contribution in [1.82, 2.24) is 15.5 Å². The van der Waals surface area contributed by atoms with Gasteiger partial charge in [0, 0.05) is 13.5 Å². The summed E-state index contributed by atoms with van der Waals surface area (Å²) in [6.07, 6.45) is 1.25. The van der Waals surface area contributed by atoms with Gasteiger partial charge in [-0.15, -0.1) is 0 Å². The molecule has 106 valence electrons. The Morgan fingerprint density at radius 2 is 1.89 bits per heavy atom. The molecule has 0 saturated carbocycles. The van der Waals surface area contributed by atoms with Crippen LogP contribution in [0.2, 0.25) is 0 Å². The van der Waals surface area contributed by atoms with Crippen LogP contribution in [0.1, 0.15) is 19.8 Å². The van der Waals surface area contributed by atoms with Gasteiger partial charge in [-0.2, -0.15) is 0 Å². The van der Waals surface area contributed by atoms with E-state index < -0.39 is 17.9 Å². The molecule has 0 aromatic rings. The highest BCUT2D eigenvalue weighted by Crippen LogP contribution is 2.17. The smallest absolute Gasteiger partial charge is 0.243 e. The maximum absolute atomic E-state index is 11.8. The van der Waals surface area contributed by atoms with E-state index in [1.54, 1.807) is 0 Å². The molecular formula is C11H18N4O4. The number of amides is 4. The lowest BCUT2D eigenvalue weighted by Gasteiger charge is -2.23. The zero-order valence-corrected chi connectivity index (χ0v) is 10.8. The van der Waals surface area contributed by atoms with Crippen LogP contribution in [0.3, 0.4) is 0 Å². The molecule has 4 N–H and O–H groups in total. The van der Waals surface area contributed by atoms with Gasteiger partial charge in [0.25, 0.3) is 0 Å². The summed E-state index contributed by atoms with van der Waals surface area (Å²) in [5, 5.41) is 4.77. The molecule has 8 nitrogen and oxygen atoms in total. The van der Waals surface area contributed by atoms with Crippen molar-refractivity contribution < 1.29 is 19.2 Å². The molecular weight excluding hydrogens is 252 g/mol. The highest BCUT2D eigenvalue weighted by molar-refractivity contribution is 5.92. The second kappa shape index (κ2) is 6.72. The van der Waals surface area contributed by atoms with Gasteiger partial charge in [-0.3, -0.25) is 19.2 Å². The van der Waals surface area contributed by atoms with Gasteiger partial charge in [0.2, 0.25) is 23.6 Å². The van der Waals surface area contributed by atoms with Crippen molar-refractivity contribution in [2.75, 3.05) is 19.6 Å². The molecule has 1 rings (SSSR count). The highest BCUT2D eigenvalue weighted by atomic mass is 16.2. The predicted octanol–water partition coefficient (Wildman–Crippen LogP) is -2.28. The summed E-state index contributed by atoms with van der Waals surface area (Å²) >= 11 is 0. The molecule has 1 aliphatic heterocycles. The first-order valence-electron chi connectivity index (χ1n) is 6.01. The van der Waals surface area contributed by atoms with Gasteiger partial charge in [-0.1, -0.05) is 0 Å². The number of rotatable bonds is 5. The number of nitrogens with two attached hydrogens (primary N) is 1. The average Bonchev–Trinajstić information content (AvgIpc) is 2.82. The summed E-state index contributed by atoms with van der Waals surface area (Å²) in [5.74, 6) is -1.65. The fraction of sp³-hybridized carbons (Fsp3) is 0.636. The van der Waals surface area contributed by atoms with Crippen molar-refractivity contribution in [1.29, 1.82) is 0 Å². The summed E-state index contributed by atoms with van der Waals surface area (Å²) < 4.78 is 0. The zero-order chi connectivity index (χ0) is 14.4. The lowest BCUT2D eigenvalue weighted by atomic mass is 10.2. The fourth-order valence-corrected chi connectivity index (χ4v) is 1.93. The molecule has 0 radical (unpaired) electrons. The topological polar surface area (TPSA) is 122 Å². The van der Waals surface area contributed by atoms with Crippen LogP contribution in [-0.2, 0) is 19.2 Å². The number of hydrogen-bond donors (Lipinski definition) is 3. The van der Waals surface area contributed by atoms with E-state index in [1.165, 1.54) is 11.8 Å². The van der Waals surface area contributed by atoms with Gasteiger partial charge >= 0.3 is 0 Å². The quantitative estimate of drug-likeness (QED) is 0.520. The molecule has 1 saturated heterocycles. The molecule has 8 heteroatoms. The molecule has 0 spiro atoms. The summed E-state index contributed by atoms with van der Waals surface area (Å²) in [7, 11) is 0. The second-order valence-electron chi connectivity index (χ2n) is 4.34. The molecule has 1 aliphatic rings. The lowest BCUT2D eigenvalue weighted by molar-refractivity contribution is -0.138. The van der Waals surface area contributed by atoms with E-state index >= 15 is 0 Å². The number of carbonyl (C=O) groups is 4. The lowest BCUT2D eigenvalue weighted by Crippen LogP contribution is -2.50. The van der Waals surface area contributed by atoms with Crippen LogP contribution in [0.25, 0.3) is 0 Å². The molecule has 0 aromatic carbocycles.